The van der Waals surface area contributed by atoms with E-state index in [2.05, 4.69) is 25.2 Å². The van der Waals surface area contributed by atoms with Crippen molar-refractivity contribution in [3.63, 3.8) is 0 Å². The summed E-state index contributed by atoms with van der Waals surface area (Å²) in [5.74, 6) is -6.35. The number of hydrogen-bond acceptors (Lipinski definition) is 22. The lowest BCUT2D eigenvalue weighted by Gasteiger charge is -2.56. The fourth-order valence-corrected chi connectivity index (χ4v) is 15.5. The van der Waals surface area contributed by atoms with Crippen molar-refractivity contribution in [1.82, 2.24) is 5.32 Å². The van der Waals surface area contributed by atoms with Crippen LogP contribution in [-0.4, -0.2) is 185 Å². The third kappa shape index (κ3) is 12.5. The zero-order valence-corrected chi connectivity index (χ0v) is 50.6. The molecule has 5 saturated heterocycles. The van der Waals surface area contributed by atoms with Gasteiger partial charge in [0.2, 0.25) is 5.78 Å². The first-order chi connectivity index (χ1) is 40.0. The lowest BCUT2D eigenvalue weighted by atomic mass is 9.49. The number of aldehydes is 1. The highest BCUT2D eigenvalue weighted by atomic mass is 16.8. The molecule has 1 spiro atoms. The van der Waals surface area contributed by atoms with E-state index >= 15 is 4.79 Å². The maximum Gasteiger partial charge on any atom is 0.407 e. The van der Waals surface area contributed by atoms with Gasteiger partial charge in [0.05, 0.1) is 87.1 Å². The summed E-state index contributed by atoms with van der Waals surface area (Å²) in [6.45, 7) is 19.5. The normalized spacial score (nSPS) is 46.8. The number of carbonyl (C=O) groups excluding carboxylic acids is 5. The Labute approximate surface area is 495 Å². The molecule has 2 bridgehead atoms. The number of Topliss-reactive ketones (excluding diaryl/α,β-unsaturated/α-hetero) is 1. The van der Waals surface area contributed by atoms with E-state index in [1.54, 1.807) is 33.8 Å². The van der Waals surface area contributed by atoms with Crippen LogP contribution in [0.25, 0.3) is 0 Å². The fraction of sp³-hybridized carbons (Fsp3) is 0.754. The summed E-state index contributed by atoms with van der Waals surface area (Å²) in [4.78, 5) is 67.8. The molecular weight excluding hydrogens is 1110 g/mol. The molecule has 9 rings (SSSR count). The largest absolute Gasteiger partial charge is 0.600 e. The number of methoxy groups -OCH3 is 1. The Bertz CT molecular complexity index is 2660. The summed E-state index contributed by atoms with van der Waals surface area (Å²) in [5.41, 5.74) is -4.63. The van der Waals surface area contributed by atoms with Gasteiger partial charge in [-0.15, -0.1) is 0 Å². The molecule has 6 fully saturated rings. The van der Waals surface area contributed by atoms with E-state index in [4.69, 9.17) is 52.1 Å². The van der Waals surface area contributed by atoms with Crippen molar-refractivity contribution < 1.29 is 107 Å². The number of rotatable bonds is 12. The van der Waals surface area contributed by atoms with E-state index in [-0.39, 0.29) is 55.8 Å². The first-order valence-corrected chi connectivity index (χ1v) is 29.9. The van der Waals surface area contributed by atoms with E-state index in [0.717, 1.165) is 5.57 Å². The third-order valence-electron chi connectivity index (χ3n) is 20.0. The van der Waals surface area contributed by atoms with Crippen LogP contribution in [-0.2, 0) is 71.3 Å². The minimum atomic E-state index is -2.18. The molecule has 1 saturated carbocycles. The molecule has 0 aromatic rings. The molecule has 0 aromatic heterocycles. The number of allylic oxidation sites excluding steroid dienone is 3. The number of fused-ring (bicyclic) bond motifs is 4. The molecule has 0 aromatic carbocycles. The van der Waals surface area contributed by atoms with Gasteiger partial charge in [0.25, 0.3) is 0 Å². The van der Waals surface area contributed by atoms with Gasteiger partial charge in [0.15, 0.2) is 36.1 Å². The quantitative estimate of drug-likeness (QED) is 0.0367. The third-order valence-corrected chi connectivity index (χ3v) is 20.0. The Morgan fingerprint density at radius 3 is 2.19 bits per heavy atom. The van der Waals surface area contributed by atoms with Crippen molar-refractivity contribution in [2.24, 2.45) is 40.9 Å². The predicted octanol–water partition coefficient (Wildman–Crippen LogP) is 3.60. The van der Waals surface area contributed by atoms with E-state index in [1.807, 2.05) is 32.9 Å². The van der Waals surface area contributed by atoms with Gasteiger partial charge in [0.1, 0.15) is 35.9 Å². The number of ketones is 1. The highest BCUT2D eigenvalue weighted by Crippen LogP contribution is 2.61. The minimum absolute atomic E-state index is 0.00719. The summed E-state index contributed by atoms with van der Waals surface area (Å²) in [7, 11) is 1.17. The Balaban J connectivity index is 1.05. The molecule has 9 aliphatic rings. The van der Waals surface area contributed by atoms with E-state index in [1.165, 1.54) is 27.0 Å². The predicted molar refractivity (Wildman–Crippen MR) is 296 cm³/mol. The second-order valence-electron chi connectivity index (χ2n) is 25.8. The van der Waals surface area contributed by atoms with Gasteiger partial charge in [-0.1, -0.05) is 50.6 Å². The topological polar surface area (TPSA) is 328 Å². The molecule has 27 atom stereocenters. The number of esters is 2. The Morgan fingerprint density at radius 2 is 1.52 bits per heavy atom. The van der Waals surface area contributed by atoms with Crippen molar-refractivity contribution in [2.45, 2.75) is 237 Å². The van der Waals surface area contributed by atoms with Crippen LogP contribution in [0.3, 0.4) is 0 Å². The van der Waals surface area contributed by atoms with Gasteiger partial charge < -0.3 is 83.1 Å². The number of aliphatic hydroxyl groups excluding tert-OH is 4. The van der Waals surface area contributed by atoms with Crippen LogP contribution in [0, 0.1) is 46.1 Å². The first-order valence-electron chi connectivity index (χ1n) is 29.9. The van der Waals surface area contributed by atoms with Gasteiger partial charge in [-0.25, -0.2) is 20.0 Å². The zero-order valence-electron chi connectivity index (χ0n) is 50.6. The Kier molecular flexibility index (Phi) is 19.5. The Hall–Kier alpha value is -4.51. The standard InChI is InChI=1S/C61H88N2O22/c1-27-13-16-43(82-48-24-59(10,63(73)74)54(34(8)79-48)62-58(72)75-12)28(2)18-40-41(66)19-36(25-64)23-61(40)56(70)49(57(71)85-61)55(69)60(11)39(27)15-14-38-50(60)29(3)17-30(4)52(38)84-47-22-45(53(33(7)78-47)80-35(9)65)81-37-20-44(31(5)76-26-37)83-46-21-42(67)51(68)32(6)77-46/h13-15,18-19,25,29-34,37-48,50-54,63,66-69,73H,16-17,20-24,26H2,1-12H3,(H,62,72)/b27-13-,28-18?,55-49?/t29-,30-,31?,32?,33-,34+,37?,38-,39-,40+,41-,42?,43-,44?,45+,46?,47-,48-,50+,51?,52?,53-,54-,59-,60+,61?/m0/s1. The number of quaternary nitrogens is 1. The maximum absolute atomic E-state index is 15.5. The molecule has 5 heterocycles. The van der Waals surface area contributed by atoms with Crippen molar-refractivity contribution in [3.8, 4) is 0 Å². The number of aliphatic hydroxyl groups is 4. The molecule has 4 aliphatic carbocycles. The number of ether oxygens (including phenoxy) is 11. The van der Waals surface area contributed by atoms with Gasteiger partial charge in [-0.2, -0.15) is 0 Å². The maximum atomic E-state index is 15.5. The van der Waals surface area contributed by atoms with Crippen molar-refractivity contribution >= 4 is 30.1 Å². The van der Waals surface area contributed by atoms with Gasteiger partial charge in [-0.3, -0.25) is 14.4 Å². The SMILES string of the molecule is COC(=O)N[C@H]1[C@@H](C)O[C@@H](O[C@H]2C/C=C(/C)[C@@H]3C=C[C@@H]4C(O[C@H]5C[C@@H](OC6COC(C)C(OC7CC(O)C(O)C(C)O7)C6)[C@@H](OC(C)=O)[C@H](C)O5)[C@@H](C)C[C@H](C)[C@H]4[C@]3(C)C(O)=C3C(=O)OC4(CC(C=O)=C[C@H](O)[C@H]4C=C2C)C3=O)C[C@]1(C)[NH+]([O-])O. The average molecular weight is 1200 g/mol. The number of nitrogens with one attached hydrogen (secondary N) is 2. The second kappa shape index (κ2) is 25.5. The van der Waals surface area contributed by atoms with Crippen LogP contribution in [0.1, 0.15) is 121 Å². The summed E-state index contributed by atoms with van der Waals surface area (Å²) in [5, 5.41) is 71.0. The molecule has 474 valence electrons. The van der Waals surface area contributed by atoms with E-state index < -0.39 is 185 Å². The first kappa shape index (κ1) is 64.9. The molecule has 85 heavy (non-hydrogen) atoms. The molecule has 24 heteroatoms. The monoisotopic (exact) mass is 1200 g/mol. The van der Waals surface area contributed by atoms with Gasteiger partial charge in [-0.05, 0) is 96.3 Å². The molecule has 1 amide bonds. The van der Waals surface area contributed by atoms with Gasteiger partial charge in [0, 0.05) is 49.9 Å². The Morgan fingerprint density at radius 1 is 0.824 bits per heavy atom. The molecule has 5 aliphatic heterocycles. The smallest absolute Gasteiger partial charge is 0.407 e. The summed E-state index contributed by atoms with van der Waals surface area (Å²) in [6.07, 6.45) is -4.16. The van der Waals surface area contributed by atoms with Crippen LogP contribution >= 0.6 is 0 Å². The van der Waals surface area contributed by atoms with Crippen LogP contribution in [0.2, 0.25) is 0 Å². The summed E-state index contributed by atoms with van der Waals surface area (Å²) >= 11 is 0. The molecular formula is C61H88N2O22. The number of amides is 1. The highest BCUT2D eigenvalue weighted by Gasteiger charge is 2.65. The molecule has 24 nitrogen and oxygen atoms in total. The van der Waals surface area contributed by atoms with Crippen molar-refractivity contribution in [2.75, 3.05) is 13.7 Å². The minimum Gasteiger partial charge on any atom is -0.600 e. The lowest BCUT2D eigenvalue weighted by Crippen LogP contribution is -3.17. The van der Waals surface area contributed by atoms with Crippen molar-refractivity contribution in [1.29, 1.82) is 0 Å². The fourth-order valence-electron chi connectivity index (χ4n) is 15.5. The summed E-state index contributed by atoms with van der Waals surface area (Å²) in [6, 6.07) is -1.02. The zero-order chi connectivity index (χ0) is 61.9. The lowest BCUT2D eigenvalue weighted by molar-refractivity contribution is -1.09. The second-order valence-corrected chi connectivity index (χ2v) is 25.8. The average Bonchev–Trinajstić information content (AvgIpc) is 2.03. The van der Waals surface area contributed by atoms with Crippen molar-refractivity contribution in [3.05, 3.63) is 63.6 Å². The van der Waals surface area contributed by atoms with Gasteiger partial charge >= 0.3 is 18.0 Å². The van der Waals surface area contributed by atoms with E-state index in [9.17, 15) is 50.0 Å². The molecule has 10 unspecified atom stereocenters. The van der Waals surface area contributed by atoms with E-state index in [0.29, 0.717) is 24.7 Å². The highest BCUT2D eigenvalue weighted by molar-refractivity contribution is 6.26. The number of hydroxylamine groups is 2. The summed E-state index contributed by atoms with van der Waals surface area (Å²) < 4.78 is 68.8. The van der Waals surface area contributed by atoms with Crippen LogP contribution in [0.4, 0.5) is 4.79 Å². The number of alkyl carbamates (subject to hydrolysis) is 1. The van der Waals surface area contributed by atoms with Crippen LogP contribution in [0.15, 0.2) is 58.4 Å². The van der Waals surface area contributed by atoms with Crippen LogP contribution < -0.4 is 10.5 Å². The number of hydrogen-bond donors (Lipinski definition) is 7. The molecule has 7 N–H and O–H groups in total. The van der Waals surface area contributed by atoms with Crippen LogP contribution in [0.5, 0.6) is 0 Å². The molecule has 0 radical (unpaired) electrons. The number of carbonyl (C=O) groups is 5.